The fourth-order valence-electron chi connectivity index (χ4n) is 0.930. The Morgan fingerprint density at radius 1 is 1.57 bits per heavy atom. The van der Waals surface area contributed by atoms with Crippen molar-refractivity contribution in [3.63, 3.8) is 0 Å². The van der Waals surface area contributed by atoms with Gasteiger partial charge in [-0.15, -0.1) is 0 Å². The number of rotatable bonds is 3. The summed E-state index contributed by atoms with van der Waals surface area (Å²) >= 11 is 11.4. The Morgan fingerprint density at radius 3 is 2.86 bits per heavy atom. The van der Waals surface area contributed by atoms with Gasteiger partial charge in [0, 0.05) is 15.4 Å². The Kier molecular flexibility index (Phi) is 5.19. The molecule has 1 amide bonds. The maximum Gasteiger partial charge on any atom is 0.252 e. The molecule has 0 spiro atoms. The molecule has 5 heteroatoms. The third kappa shape index (κ3) is 3.40. The van der Waals surface area contributed by atoms with Crippen LogP contribution >= 0.6 is 50.1 Å². The van der Waals surface area contributed by atoms with E-state index in [0.717, 1.165) is 8.90 Å². The van der Waals surface area contributed by atoms with Crippen LogP contribution in [0.1, 0.15) is 10.4 Å². The van der Waals surface area contributed by atoms with Gasteiger partial charge in [-0.1, -0.05) is 50.1 Å². The lowest BCUT2D eigenvalue weighted by Crippen LogP contribution is -2.25. The Bertz CT molecular complexity index is 346. The molecular formula is C9H8BrClINO. The minimum Gasteiger partial charge on any atom is -0.351 e. The average molecular weight is 388 g/mol. The van der Waals surface area contributed by atoms with E-state index in [0.29, 0.717) is 17.1 Å². The van der Waals surface area contributed by atoms with E-state index in [1.807, 2.05) is 0 Å². The van der Waals surface area contributed by atoms with Crippen LogP contribution < -0.4 is 5.32 Å². The van der Waals surface area contributed by atoms with Crippen molar-refractivity contribution < 1.29 is 4.79 Å². The maximum atomic E-state index is 11.5. The Hall–Kier alpha value is 0.190. The number of carbonyl (C=O) groups is 1. The minimum atomic E-state index is -0.126. The van der Waals surface area contributed by atoms with Crippen LogP contribution in [0.5, 0.6) is 0 Å². The van der Waals surface area contributed by atoms with Gasteiger partial charge in [0.25, 0.3) is 5.91 Å². The number of amides is 1. The van der Waals surface area contributed by atoms with Crippen LogP contribution in [0.4, 0.5) is 0 Å². The molecule has 0 radical (unpaired) electrons. The number of hydrogen-bond acceptors (Lipinski definition) is 1. The first kappa shape index (κ1) is 12.3. The molecule has 1 N–H and O–H groups in total. The molecule has 0 aliphatic carbocycles. The van der Waals surface area contributed by atoms with Crippen LogP contribution in [0.2, 0.25) is 5.02 Å². The first-order valence-electron chi connectivity index (χ1n) is 3.94. The lowest BCUT2D eigenvalue weighted by atomic mass is 10.2. The molecule has 0 unspecified atom stereocenters. The van der Waals surface area contributed by atoms with Crippen molar-refractivity contribution in [2.45, 2.75) is 0 Å². The predicted octanol–water partition coefficient (Wildman–Crippen LogP) is 3.27. The normalized spacial score (nSPS) is 9.93. The fourth-order valence-corrected chi connectivity index (χ4v) is 1.96. The van der Waals surface area contributed by atoms with Crippen molar-refractivity contribution in [3.05, 3.63) is 33.3 Å². The molecule has 1 aromatic carbocycles. The molecule has 14 heavy (non-hydrogen) atoms. The van der Waals surface area contributed by atoms with Crippen molar-refractivity contribution in [2.24, 2.45) is 0 Å². The van der Waals surface area contributed by atoms with Gasteiger partial charge in [-0.2, -0.15) is 0 Å². The lowest BCUT2D eigenvalue weighted by molar-refractivity contribution is 0.0956. The zero-order chi connectivity index (χ0) is 10.6. The van der Waals surface area contributed by atoms with Crippen molar-refractivity contribution in [1.82, 2.24) is 5.32 Å². The van der Waals surface area contributed by atoms with E-state index in [4.69, 9.17) is 11.6 Å². The SMILES string of the molecule is O=C(NCCI)c1ccc(Br)cc1Cl. The van der Waals surface area contributed by atoms with Gasteiger partial charge in [0.05, 0.1) is 10.6 Å². The number of nitrogens with one attached hydrogen (secondary N) is 1. The smallest absolute Gasteiger partial charge is 0.252 e. The minimum absolute atomic E-state index is 0.126. The number of carbonyl (C=O) groups excluding carboxylic acids is 1. The summed E-state index contributed by atoms with van der Waals surface area (Å²) in [6.07, 6.45) is 0. The maximum absolute atomic E-state index is 11.5. The van der Waals surface area contributed by atoms with Gasteiger partial charge in [-0.3, -0.25) is 4.79 Å². The molecule has 0 heterocycles. The third-order valence-corrected chi connectivity index (χ3v) is 2.90. The molecule has 0 saturated heterocycles. The Morgan fingerprint density at radius 2 is 2.29 bits per heavy atom. The van der Waals surface area contributed by atoms with E-state index >= 15 is 0 Å². The van der Waals surface area contributed by atoms with E-state index in [9.17, 15) is 4.79 Å². The second-order valence-electron chi connectivity index (χ2n) is 2.57. The summed E-state index contributed by atoms with van der Waals surface area (Å²) in [5.41, 5.74) is 0.514. The Balaban J connectivity index is 2.80. The first-order chi connectivity index (χ1) is 6.65. The molecule has 1 aromatic rings. The van der Waals surface area contributed by atoms with Crippen LogP contribution in [0.15, 0.2) is 22.7 Å². The predicted molar refractivity (Wildman–Crippen MR) is 70.4 cm³/mol. The second-order valence-corrected chi connectivity index (χ2v) is 4.97. The molecular weight excluding hydrogens is 380 g/mol. The molecule has 0 fully saturated rings. The van der Waals surface area contributed by atoms with Gasteiger partial charge < -0.3 is 5.32 Å². The molecule has 2 nitrogen and oxygen atoms in total. The highest BCUT2D eigenvalue weighted by Gasteiger charge is 2.09. The number of hydrogen-bond donors (Lipinski definition) is 1. The summed E-state index contributed by atoms with van der Waals surface area (Å²) in [7, 11) is 0. The quantitative estimate of drug-likeness (QED) is 0.625. The van der Waals surface area contributed by atoms with Gasteiger partial charge in [-0.05, 0) is 18.2 Å². The molecule has 1 rings (SSSR count). The largest absolute Gasteiger partial charge is 0.351 e. The molecule has 0 bridgehead atoms. The topological polar surface area (TPSA) is 29.1 Å². The molecule has 0 aliphatic rings. The molecule has 0 aromatic heterocycles. The van der Waals surface area contributed by atoms with Gasteiger partial charge in [0.1, 0.15) is 0 Å². The van der Waals surface area contributed by atoms with Crippen molar-refractivity contribution in [1.29, 1.82) is 0 Å². The van der Waals surface area contributed by atoms with E-state index in [2.05, 4.69) is 43.8 Å². The zero-order valence-electron chi connectivity index (χ0n) is 7.19. The highest BCUT2D eigenvalue weighted by atomic mass is 127. The van der Waals surface area contributed by atoms with Gasteiger partial charge in [0.2, 0.25) is 0 Å². The third-order valence-electron chi connectivity index (χ3n) is 1.56. The fraction of sp³-hybridized carbons (Fsp3) is 0.222. The molecule has 0 atom stereocenters. The highest BCUT2D eigenvalue weighted by Crippen LogP contribution is 2.21. The van der Waals surface area contributed by atoms with Crippen LogP contribution in [0.25, 0.3) is 0 Å². The van der Waals surface area contributed by atoms with E-state index in [1.54, 1.807) is 18.2 Å². The summed E-state index contributed by atoms with van der Waals surface area (Å²) in [4.78, 5) is 11.5. The van der Waals surface area contributed by atoms with Crippen molar-refractivity contribution >= 4 is 56.0 Å². The van der Waals surface area contributed by atoms with Gasteiger partial charge in [0.15, 0.2) is 0 Å². The molecule has 0 saturated carbocycles. The first-order valence-corrected chi connectivity index (χ1v) is 6.64. The Labute approximate surface area is 110 Å². The van der Waals surface area contributed by atoms with Gasteiger partial charge >= 0.3 is 0 Å². The van der Waals surface area contributed by atoms with Crippen LogP contribution in [-0.2, 0) is 0 Å². The number of alkyl halides is 1. The molecule has 76 valence electrons. The van der Waals surface area contributed by atoms with Crippen molar-refractivity contribution in [3.8, 4) is 0 Å². The summed E-state index contributed by atoms with van der Waals surface area (Å²) in [5, 5.41) is 3.23. The van der Waals surface area contributed by atoms with Crippen LogP contribution in [0.3, 0.4) is 0 Å². The number of halogens is 3. The molecule has 0 aliphatic heterocycles. The lowest BCUT2D eigenvalue weighted by Gasteiger charge is -2.05. The number of benzene rings is 1. The summed E-state index contributed by atoms with van der Waals surface area (Å²) in [6.45, 7) is 0.659. The van der Waals surface area contributed by atoms with E-state index in [-0.39, 0.29) is 5.91 Å². The summed E-state index contributed by atoms with van der Waals surface area (Å²) in [6, 6.07) is 5.21. The van der Waals surface area contributed by atoms with E-state index in [1.165, 1.54) is 0 Å². The highest BCUT2D eigenvalue weighted by molar-refractivity contribution is 14.1. The van der Waals surface area contributed by atoms with Crippen LogP contribution in [0, 0.1) is 0 Å². The zero-order valence-corrected chi connectivity index (χ0v) is 11.7. The standard InChI is InChI=1S/C9H8BrClINO/c10-6-1-2-7(8(11)5-6)9(14)13-4-3-12/h1-2,5H,3-4H2,(H,13,14). The van der Waals surface area contributed by atoms with E-state index < -0.39 is 0 Å². The second kappa shape index (κ2) is 5.92. The summed E-state index contributed by atoms with van der Waals surface area (Å²) < 4.78 is 1.76. The summed E-state index contributed by atoms with van der Waals surface area (Å²) in [5.74, 6) is -0.126. The van der Waals surface area contributed by atoms with Crippen molar-refractivity contribution in [2.75, 3.05) is 11.0 Å². The monoisotopic (exact) mass is 387 g/mol. The average Bonchev–Trinajstić information content (AvgIpc) is 2.14. The van der Waals surface area contributed by atoms with Crippen LogP contribution in [-0.4, -0.2) is 16.9 Å². The van der Waals surface area contributed by atoms with Gasteiger partial charge in [-0.25, -0.2) is 0 Å².